The summed E-state index contributed by atoms with van der Waals surface area (Å²) < 4.78 is 0. The molecule has 0 aliphatic rings. The first-order chi connectivity index (χ1) is 8.86. The summed E-state index contributed by atoms with van der Waals surface area (Å²) in [5, 5.41) is 3.05. The fraction of sp³-hybridized carbons (Fsp3) is 0.562. The lowest BCUT2D eigenvalue weighted by Crippen LogP contribution is -2.34. The third-order valence-corrected chi connectivity index (χ3v) is 3.20. The number of amides is 1. The van der Waals surface area contributed by atoms with Crippen molar-refractivity contribution >= 4 is 5.91 Å². The van der Waals surface area contributed by atoms with Gasteiger partial charge in [0.1, 0.15) is 0 Å². The van der Waals surface area contributed by atoms with Crippen LogP contribution in [0.25, 0.3) is 0 Å². The monoisotopic (exact) mass is 262 g/mol. The molecule has 0 fully saturated rings. The molecule has 3 N–H and O–H groups in total. The van der Waals surface area contributed by atoms with E-state index >= 15 is 0 Å². The lowest BCUT2D eigenvalue weighted by atomic mass is 9.83. The summed E-state index contributed by atoms with van der Waals surface area (Å²) in [5.41, 5.74) is 7.31. The molecule has 0 radical (unpaired) electrons. The molecule has 0 heterocycles. The lowest BCUT2D eigenvalue weighted by molar-refractivity contribution is 0.0936. The maximum absolute atomic E-state index is 12.3. The van der Waals surface area contributed by atoms with Crippen LogP contribution in [-0.2, 0) is 5.41 Å². The molecule has 0 bridgehead atoms. The average molecular weight is 262 g/mol. The van der Waals surface area contributed by atoms with Gasteiger partial charge >= 0.3 is 0 Å². The molecule has 0 spiro atoms. The largest absolute Gasteiger partial charge is 0.350 e. The molecule has 0 saturated heterocycles. The zero-order valence-electron chi connectivity index (χ0n) is 12.5. The number of rotatable bonds is 5. The SMILES string of the molecule is CC(CCCN)NC(=O)c1ccccc1C(C)(C)C. The van der Waals surface area contributed by atoms with E-state index in [-0.39, 0.29) is 17.4 Å². The van der Waals surface area contributed by atoms with Gasteiger partial charge in [0.2, 0.25) is 0 Å². The van der Waals surface area contributed by atoms with Crippen LogP contribution in [0.5, 0.6) is 0 Å². The van der Waals surface area contributed by atoms with Crippen molar-refractivity contribution in [2.75, 3.05) is 6.54 Å². The Kier molecular flexibility index (Phi) is 5.55. The van der Waals surface area contributed by atoms with Crippen LogP contribution in [0.2, 0.25) is 0 Å². The highest BCUT2D eigenvalue weighted by Crippen LogP contribution is 2.25. The van der Waals surface area contributed by atoms with Gasteiger partial charge in [-0.15, -0.1) is 0 Å². The van der Waals surface area contributed by atoms with Crippen molar-refractivity contribution < 1.29 is 4.79 Å². The van der Waals surface area contributed by atoms with E-state index in [1.165, 1.54) is 0 Å². The fourth-order valence-electron chi connectivity index (χ4n) is 2.13. The fourth-order valence-corrected chi connectivity index (χ4v) is 2.13. The first kappa shape index (κ1) is 15.7. The molecule has 0 aromatic heterocycles. The molecular formula is C16H26N2O. The topological polar surface area (TPSA) is 55.1 Å². The van der Waals surface area contributed by atoms with Crippen LogP contribution in [0, 0.1) is 0 Å². The van der Waals surface area contributed by atoms with Crippen LogP contribution in [0.15, 0.2) is 24.3 Å². The lowest BCUT2D eigenvalue weighted by Gasteiger charge is -2.23. The van der Waals surface area contributed by atoms with Crippen molar-refractivity contribution in [2.45, 2.75) is 52.0 Å². The van der Waals surface area contributed by atoms with E-state index in [9.17, 15) is 4.79 Å². The highest BCUT2D eigenvalue weighted by Gasteiger charge is 2.21. The molecule has 1 atom stereocenters. The number of nitrogens with one attached hydrogen (secondary N) is 1. The molecule has 0 saturated carbocycles. The standard InChI is InChI=1S/C16H26N2O/c1-12(8-7-11-17)18-15(19)13-9-5-6-10-14(13)16(2,3)4/h5-6,9-10,12H,7-8,11,17H2,1-4H3,(H,18,19). The van der Waals surface area contributed by atoms with E-state index in [1.807, 2.05) is 31.2 Å². The molecule has 0 aliphatic heterocycles. The Hall–Kier alpha value is -1.35. The van der Waals surface area contributed by atoms with E-state index < -0.39 is 0 Å². The molecular weight excluding hydrogens is 236 g/mol. The zero-order chi connectivity index (χ0) is 14.5. The maximum atomic E-state index is 12.3. The van der Waals surface area contributed by atoms with Crippen LogP contribution in [0.1, 0.15) is 56.5 Å². The number of carbonyl (C=O) groups excluding carboxylic acids is 1. The second-order valence-corrected chi connectivity index (χ2v) is 6.10. The van der Waals surface area contributed by atoms with Gasteiger partial charge in [-0.3, -0.25) is 4.79 Å². The predicted octanol–water partition coefficient (Wildman–Crippen LogP) is 2.84. The van der Waals surface area contributed by atoms with Gasteiger partial charge in [0, 0.05) is 11.6 Å². The Morgan fingerprint density at radius 2 is 1.95 bits per heavy atom. The summed E-state index contributed by atoms with van der Waals surface area (Å²) >= 11 is 0. The molecule has 3 nitrogen and oxygen atoms in total. The molecule has 19 heavy (non-hydrogen) atoms. The van der Waals surface area contributed by atoms with Gasteiger partial charge in [0.25, 0.3) is 5.91 Å². The van der Waals surface area contributed by atoms with Gasteiger partial charge in [0.05, 0.1) is 0 Å². The maximum Gasteiger partial charge on any atom is 0.251 e. The van der Waals surface area contributed by atoms with E-state index in [0.29, 0.717) is 6.54 Å². The summed E-state index contributed by atoms with van der Waals surface area (Å²) in [6, 6.07) is 7.97. The molecule has 0 aliphatic carbocycles. The Morgan fingerprint density at radius 1 is 1.32 bits per heavy atom. The summed E-state index contributed by atoms with van der Waals surface area (Å²) in [4.78, 5) is 12.3. The van der Waals surface area contributed by atoms with E-state index in [1.54, 1.807) is 0 Å². The van der Waals surface area contributed by atoms with Gasteiger partial charge < -0.3 is 11.1 Å². The highest BCUT2D eigenvalue weighted by molar-refractivity contribution is 5.96. The van der Waals surface area contributed by atoms with Crippen molar-refractivity contribution in [3.05, 3.63) is 35.4 Å². The number of carbonyl (C=O) groups is 1. The van der Waals surface area contributed by atoms with Crippen molar-refractivity contribution in [3.63, 3.8) is 0 Å². The summed E-state index contributed by atoms with van der Waals surface area (Å²) in [6.07, 6.45) is 1.85. The van der Waals surface area contributed by atoms with Crippen molar-refractivity contribution in [2.24, 2.45) is 5.73 Å². The number of hydrogen-bond acceptors (Lipinski definition) is 2. The van der Waals surface area contributed by atoms with Gasteiger partial charge in [-0.2, -0.15) is 0 Å². The molecule has 1 aromatic rings. The minimum Gasteiger partial charge on any atom is -0.350 e. The van der Waals surface area contributed by atoms with E-state index in [2.05, 4.69) is 26.1 Å². The molecule has 1 aromatic carbocycles. The second kappa shape index (κ2) is 6.71. The number of benzene rings is 1. The second-order valence-electron chi connectivity index (χ2n) is 6.10. The zero-order valence-corrected chi connectivity index (χ0v) is 12.5. The summed E-state index contributed by atoms with van der Waals surface area (Å²) in [6.45, 7) is 9.05. The van der Waals surface area contributed by atoms with E-state index in [4.69, 9.17) is 5.73 Å². The molecule has 1 rings (SSSR count). The minimum absolute atomic E-state index is 0.00930. The number of hydrogen-bond donors (Lipinski definition) is 2. The van der Waals surface area contributed by atoms with Crippen LogP contribution < -0.4 is 11.1 Å². The Labute approximate surface area is 116 Å². The molecule has 106 valence electrons. The van der Waals surface area contributed by atoms with Crippen molar-refractivity contribution in [3.8, 4) is 0 Å². The van der Waals surface area contributed by atoms with Crippen LogP contribution in [-0.4, -0.2) is 18.5 Å². The van der Waals surface area contributed by atoms with Gasteiger partial charge in [0.15, 0.2) is 0 Å². The Morgan fingerprint density at radius 3 is 2.53 bits per heavy atom. The number of nitrogens with two attached hydrogens (primary N) is 1. The van der Waals surface area contributed by atoms with Gasteiger partial charge in [-0.05, 0) is 43.4 Å². The normalized spacial score (nSPS) is 13.1. The average Bonchev–Trinajstić information content (AvgIpc) is 2.35. The predicted molar refractivity (Wildman–Crippen MR) is 80.4 cm³/mol. The quantitative estimate of drug-likeness (QED) is 0.857. The van der Waals surface area contributed by atoms with Crippen LogP contribution >= 0.6 is 0 Å². The first-order valence-corrected chi connectivity index (χ1v) is 6.96. The third kappa shape index (κ3) is 4.67. The van der Waals surface area contributed by atoms with Crippen LogP contribution in [0.4, 0.5) is 0 Å². The smallest absolute Gasteiger partial charge is 0.251 e. The molecule has 3 heteroatoms. The Balaban J connectivity index is 2.83. The highest BCUT2D eigenvalue weighted by atomic mass is 16.1. The van der Waals surface area contributed by atoms with Gasteiger partial charge in [-0.1, -0.05) is 39.0 Å². The van der Waals surface area contributed by atoms with Crippen molar-refractivity contribution in [1.29, 1.82) is 0 Å². The summed E-state index contributed by atoms with van der Waals surface area (Å²) in [7, 11) is 0. The van der Waals surface area contributed by atoms with Crippen molar-refractivity contribution in [1.82, 2.24) is 5.32 Å². The minimum atomic E-state index is -0.0333. The van der Waals surface area contributed by atoms with Crippen LogP contribution in [0.3, 0.4) is 0 Å². The first-order valence-electron chi connectivity index (χ1n) is 6.96. The summed E-state index contributed by atoms with van der Waals surface area (Å²) in [5.74, 6) is 0.00930. The molecule has 1 unspecified atom stereocenters. The Bertz CT molecular complexity index is 421. The van der Waals surface area contributed by atoms with Gasteiger partial charge in [-0.25, -0.2) is 0 Å². The third-order valence-electron chi connectivity index (χ3n) is 3.20. The van der Waals surface area contributed by atoms with E-state index in [0.717, 1.165) is 24.0 Å². The molecule has 1 amide bonds.